The topological polar surface area (TPSA) is 119 Å². The molecule has 10 heteroatoms. The van der Waals surface area contributed by atoms with Gasteiger partial charge in [-0.2, -0.15) is 0 Å². The van der Waals surface area contributed by atoms with E-state index in [0.717, 1.165) is 30.1 Å². The third kappa shape index (κ3) is 4.67. The zero-order valence-electron chi connectivity index (χ0n) is 19.1. The molecule has 0 bridgehead atoms. The van der Waals surface area contributed by atoms with Crippen molar-refractivity contribution >= 4 is 45.2 Å². The Labute approximate surface area is 204 Å². The van der Waals surface area contributed by atoms with Gasteiger partial charge in [0, 0.05) is 6.61 Å². The lowest BCUT2D eigenvalue weighted by Gasteiger charge is -2.16. The number of carbonyl (C=O) groups is 1. The maximum absolute atomic E-state index is 13.3. The van der Waals surface area contributed by atoms with Crippen LogP contribution < -0.4 is 5.56 Å². The average molecular weight is 493 g/mol. The Morgan fingerprint density at radius 1 is 1.20 bits per heavy atom. The summed E-state index contributed by atoms with van der Waals surface area (Å²) in [5, 5.41) is 11.9. The molecule has 2 aromatic carbocycles. The molecule has 0 saturated carbocycles. The van der Waals surface area contributed by atoms with E-state index in [1.807, 2.05) is 24.3 Å². The van der Waals surface area contributed by atoms with Gasteiger partial charge in [-0.3, -0.25) is 9.36 Å². The van der Waals surface area contributed by atoms with Crippen LogP contribution in [0.25, 0.3) is 27.5 Å². The number of imidazole rings is 1. The molecule has 3 heterocycles. The fourth-order valence-electron chi connectivity index (χ4n) is 4.14. The quantitative estimate of drug-likeness (QED) is 0.132. The predicted octanol–water partition coefficient (Wildman–Crippen LogP) is 3.69. The molecule has 2 N–H and O–H groups in total. The minimum Gasteiger partial charge on any atom is -0.510 e. The van der Waals surface area contributed by atoms with Crippen LogP contribution in [0.15, 0.2) is 64.2 Å². The fourth-order valence-corrected chi connectivity index (χ4v) is 5.03. The number of aliphatic hydroxyl groups is 1. The highest BCUT2D eigenvalue weighted by Crippen LogP contribution is 2.26. The molecule has 0 spiro atoms. The lowest BCUT2D eigenvalue weighted by atomic mass is 10.2. The third-order valence-corrected chi connectivity index (χ3v) is 6.87. The molecule has 180 valence electrons. The number of fused-ring (bicyclic) bond motifs is 2. The van der Waals surface area contributed by atoms with Gasteiger partial charge in [-0.25, -0.2) is 14.8 Å². The third-order valence-electron chi connectivity index (χ3n) is 5.88. The van der Waals surface area contributed by atoms with E-state index in [0.29, 0.717) is 34.7 Å². The van der Waals surface area contributed by atoms with E-state index in [-0.39, 0.29) is 34.6 Å². The molecule has 1 atom stereocenters. The van der Waals surface area contributed by atoms with Crippen LogP contribution in [0.2, 0.25) is 0 Å². The molecule has 5 rings (SSSR count). The molecule has 35 heavy (non-hydrogen) atoms. The van der Waals surface area contributed by atoms with E-state index < -0.39 is 5.97 Å². The smallest absolute Gasteiger partial charge is 0.345 e. The lowest BCUT2D eigenvalue weighted by Crippen LogP contribution is -2.29. The number of hydrogen-bond donors (Lipinski definition) is 2. The van der Waals surface area contributed by atoms with Gasteiger partial charge in [0.05, 0.1) is 47.4 Å². The van der Waals surface area contributed by atoms with Crippen molar-refractivity contribution in [3.8, 4) is 0 Å². The van der Waals surface area contributed by atoms with E-state index >= 15 is 0 Å². The number of aromatic nitrogens is 4. The molecule has 0 radical (unpaired) electrons. The van der Waals surface area contributed by atoms with Crippen LogP contribution in [0.5, 0.6) is 0 Å². The normalized spacial score (nSPS) is 16.5. The van der Waals surface area contributed by atoms with Crippen molar-refractivity contribution in [1.82, 2.24) is 19.5 Å². The van der Waals surface area contributed by atoms with E-state index in [1.54, 1.807) is 28.8 Å². The molecule has 9 nitrogen and oxygen atoms in total. The van der Waals surface area contributed by atoms with Gasteiger partial charge in [0.15, 0.2) is 5.16 Å². The highest BCUT2D eigenvalue weighted by atomic mass is 32.2. The minimum atomic E-state index is -0.717. The summed E-state index contributed by atoms with van der Waals surface area (Å²) in [4.78, 5) is 38.0. The highest BCUT2D eigenvalue weighted by molar-refractivity contribution is 7.99. The van der Waals surface area contributed by atoms with Gasteiger partial charge in [-0.1, -0.05) is 36.0 Å². The van der Waals surface area contributed by atoms with E-state index in [1.165, 1.54) is 7.11 Å². The van der Waals surface area contributed by atoms with Crippen molar-refractivity contribution in [2.45, 2.75) is 30.6 Å². The van der Waals surface area contributed by atoms with E-state index in [2.05, 4.69) is 15.0 Å². The summed E-state index contributed by atoms with van der Waals surface area (Å²) in [6, 6.07) is 14.5. The standard InChI is InChI=1S/C25H24N4O5S/c1-33-24(32)21(22-26-18-10-4-5-11-19(18)27-22)20(30)14-35-25-28-17-9-3-2-8-16(17)23(31)29(25)13-15-7-6-12-34-15/h2-5,8-11,15,30H,6-7,12-14H2,1H3,(H,26,27)/b21-20+. The maximum Gasteiger partial charge on any atom is 0.345 e. The number of methoxy groups -OCH3 is 1. The van der Waals surface area contributed by atoms with E-state index in [9.17, 15) is 14.7 Å². The number of para-hydroxylation sites is 3. The van der Waals surface area contributed by atoms with Crippen LogP contribution in [0.3, 0.4) is 0 Å². The molecule has 1 unspecified atom stereocenters. The van der Waals surface area contributed by atoms with Gasteiger partial charge in [0.1, 0.15) is 17.2 Å². The first-order chi connectivity index (χ1) is 17.0. The van der Waals surface area contributed by atoms with Gasteiger partial charge in [0.25, 0.3) is 5.56 Å². The summed E-state index contributed by atoms with van der Waals surface area (Å²) in [5.74, 6) is -0.755. The summed E-state index contributed by atoms with van der Waals surface area (Å²) >= 11 is 1.16. The van der Waals surface area contributed by atoms with Gasteiger partial charge in [-0.15, -0.1) is 0 Å². The number of rotatable bonds is 7. The van der Waals surface area contributed by atoms with Gasteiger partial charge in [0.2, 0.25) is 0 Å². The van der Waals surface area contributed by atoms with Crippen molar-refractivity contribution in [1.29, 1.82) is 0 Å². The van der Waals surface area contributed by atoms with Crippen LogP contribution in [0, 0.1) is 0 Å². The minimum absolute atomic E-state index is 0.0161. The van der Waals surface area contributed by atoms with Gasteiger partial charge < -0.3 is 19.6 Å². The molecule has 1 fully saturated rings. The molecule has 0 aliphatic carbocycles. The first-order valence-electron chi connectivity index (χ1n) is 11.2. The lowest BCUT2D eigenvalue weighted by molar-refractivity contribution is -0.133. The Hall–Kier alpha value is -3.63. The second kappa shape index (κ2) is 9.93. The van der Waals surface area contributed by atoms with Crippen LogP contribution in [0.1, 0.15) is 18.7 Å². The second-order valence-electron chi connectivity index (χ2n) is 8.17. The number of nitrogens with one attached hydrogen (secondary N) is 1. The Bertz CT molecular complexity index is 1450. The highest BCUT2D eigenvalue weighted by Gasteiger charge is 2.24. The van der Waals surface area contributed by atoms with E-state index in [4.69, 9.17) is 9.47 Å². The molecule has 1 aliphatic heterocycles. The van der Waals surface area contributed by atoms with Crippen molar-refractivity contribution in [2.75, 3.05) is 19.5 Å². The Morgan fingerprint density at radius 3 is 2.71 bits per heavy atom. The van der Waals surface area contributed by atoms with Crippen molar-refractivity contribution in [2.24, 2.45) is 0 Å². The number of hydrogen-bond acceptors (Lipinski definition) is 8. The fraction of sp³-hybridized carbons (Fsp3) is 0.280. The monoisotopic (exact) mass is 492 g/mol. The molecule has 0 amide bonds. The number of esters is 1. The number of ether oxygens (including phenoxy) is 2. The van der Waals surface area contributed by atoms with Crippen molar-refractivity contribution in [3.05, 3.63) is 70.5 Å². The van der Waals surface area contributed by atoms with Crippen LogP contribution in [-0.2, 0) is 20.8 Å². The number of benzene rings is 2. The molecular weight excluding hydrogens is 468 g/mol. The predicted molar refractivity (Wildman–Crippen MR) is 133 cm³/mol. The zero-order valence-corrected chi connectivity index (χ0v) is 19.9. The Kier molecular flexibility index (Phi) is 6.56. The summed E-state index contributed by atoms with van der Waals surface area (Å²) in [7, 11) is 1.25. The van der Waals surface area contributed by atoms with Gasteiger partial charge in [-0.05, 0) is 37.1 Å². The number of thioether (sulfide) groups is 1. The number of aromatic amines is 1. The van der Waals surface area contributed by atoms with Crippen molar-refractivity contribution in [3.63, 3.8) is 0 Å². The first-order valence-corrected chi connectivity index (χ1v) is 12.2. The molecule has 4 aromatic rings. The number of nitrogens with zero attached hydrogens (tertiary/aromatic N) is 3. The average Bonchev–Trinajstić information content (AvgIpc) is 3.54. The summed E-state index contributed by atoms with van der Waals surface area (Å²) in [5.41, 5.74) is 1.72. The Balaban J connectivity index is 1.51. The summed E-state index contributed by atoms with van der Waals surface area (Å²) in [6.45, 7) is 1.04. The van der Waals surface area contributed by atoms with Crippen LogP contribution in [0.4, 0.5) is 0 Å². The molecule has 2 aromatic heterocycles. The molecule has 1 saturated heterocycles. The summed E-state index contributed by atoms with van der Waals surface area (Å²) in [6.07, 6.45) is 1.75. The van der Waals surface area contributed by atoms with Crippen molar-refractivity contribution < 1.29 is 19.4 Å². The van der Waals surface area contributed by atoms with Crippen LogP contribution >= 0.6 is 11.8 Å². The molecular formula is C25H24N4O5S. The molecule has 1 aliphatic rings. The summed E-state index contributed by atoms with van der Waals surface area (Å²) < 4.78 is 12.3. The zero-order chi connectivity index (χ0) is 24.4. The maximum atomic E-state index is 13.3. The number of carbonyl (C=O) groups excluding carboxylic acids is 1. The Morgan fingerprint density at radius 2 is 1.97 bits per heavy atom. The number of H-pyrrole nitrogens is 1. The van der Waals surface area contributed by atoms with Gasteiger partial charge >= 0.3 is 5.97 Å². The second-order valence-corrected chi connectivity index (χ2v) is 9.11. The SMILES string of the molecule is COC(=O)/C(=C(/O)CSc1nc2ccccc2c(=O)n1CC1CCCO1)c1nc2ccccc2[nH]1. The van der Waals surface area contributed by atoms with Crippen LogP contribution in [-0.4, -0.2) is 56.2 Å². The largest absolute Gasteiger partial charge is 0.510 e. The number of aliphatic hydroxyl groups excluding tert-OH is 1. The first kappa shape index (κ1) is 23.1.